The Kier molecular flexibility index (Phi) is 6.81. The van der Waals surface area contributed by atoms with Gasteiger partial charge in [0.25, 0.3) is 11.8 Å². The molecule has 35 heavy (non-hydrogen) atoms. The minimum Gasteiger partial charge on any atom is -0.465 e. The van der Waals surface area contributed by atoms with Gasteiger partial charge in [0.2, 0.25) is 0 Å². The van der Waals surface area contributed by atoms with Crippen LogP contribution in [0.2, 0.25) is 0 Å². The third-order valence-electron chi connectivity index (χ3n) is 6.72. The van der Waals surface area contributed by atoms with Crippen molar-refractivity contribution >= 4 is 17.8 Å². The number of carbonyl (C=O) groups excluding carboxylic acids is 3. The Hall–Kier alpha value is -3.07. The number of ether oxygens (including phenoxy) is 1. The molecule has 2 aromatic carbocycles. The van der Waals surface area contributed by atoms with Crippen molar-refractivity contribution < 1.29 is 28.8 Å². The summed E-state index contributed by atoms with van der Waals surface area (Å²) in [6, 6.07) is 13.5. The van der Waals surface area contributed by atoms with Gasteiger partial charge in [-0.05, 0) is 76.8 Å². The van der Waals surface area contributed by atoms with Crippen LogP contribution in [0.1, 0.15) is 89.7 Å². The van der Waals surface area contributed by atoms with Crippen LogP contribution in [-0.2, 0) is 14.4 Å². The molecule has 2 amide bonds. The monoisotopic (exact) mass is 480 g/mol. The molecule has 2 aromatic rings. The second-order valence-corrected chi connectivity index (χ2v) is 10.2. The number of hydroxylamine groups is 4. The van der Waals surface area contributed by atoms with Gasteiger partial charge in [-0.2, -0.15) is 5.06 Å². The summed E-state index contributed by atoms with van der Waals surface area (Å²) in [7, 11) is 1.33. The number of fused-ring (bicyclic) bond motifs is 1. The van der Waals surface area contributed by atoms with Gasteiger partial charge >= 0.3 is 5.97 Å². The Balaban J connectivity index is 1.60. The number of imide groups is 1. The summed E-state index contributed by atoms with van der Waals surface area (Å²) in [5, 5.41) is 2.81. The number of carbonyl (C=O) groups is 3. The molecule has 2 aliphatic heterocycles. The van der Waals surface area contributed by atoms with Crippen LogP contribution >= 0.6 is 0 Å². The predicted molar refractivity (Wildman–Crippen MR) is 128 cm³/mol. The van der Waals surface area contributed by atoms with Gasteiger partial charge in [0.05, 0.1) is 23.8 Å². The zero-order valence-corrected chi connectivity index (χ0v) is 20.9. The van der Waals surface area contributed by atoms with Crippen LogP contribution in [0.15, 0.2) is 48.5 Å². The molecule has 1 saturated heterocycles. The maximum absolute atomic E-state index is 12.8. The maximum Gasteiger partial charge on any atom is 0.337 e. The van der Waals surface area contributed by atoms with Crippen LogP contribution in [0.5, 0.6) is 0 Å². The van der Waals surface area contributed by atoms with Crippen molar-refractivity contribution in [2.24, 2.45) is 0 Å². The van der Waals surface area contributed by atoms with Crippen LogP contribution < -0.4 is 0 Å². The fraction of sp³-hybridized carbons (Fsp3) is 0.444. The summed E-state index contributed by atoms with van der Waals surface area (Å²) in [5.41, 5.74) is 1.32. The van der Waals surface area contributed by atoms with Crippen molar-refractivity contribution in [2.75, 3.05) is 13.7 Å². The Morgan fingerprint density at radius 2 is 1.46 bits per heavy atom. The van der Waals surface area contributed by atoms with Crippen LogP contribution in [-0.4, -0.2) is 52.7 Å². The Bertz CT molecular complexity index is 1070. The molecule has 0 saturated carbocycles. The van der Waals surface area contributed by atoms with Crippen molar-refractivity contribution in [1.82, 2.24) is 10.1 Å². The number of hydrogen-bond donors (Lipinski definition) is 0. The standard InChI is InChI=1S/C27H32N2O6/c1-26(2)15-8-16-27(3,4)29(26)35-22(18-11-13-19(14-12-18)25(32)33-5)17-34-28-23(30)20-9-6-7-10-21(20)24(28)31/h6-7,9-14,22H,8,15-17H2,1-5H3. The van der Waals surface area contributed by atoms with E-state index in [2.05, 4.69) is 27.7 Å². The fourth-order valence-electron chi connectivity index (χ4n) is 4.95. The number of rotatable bonds is 7. The molecular formula is C27H32N2O6. The van der Waals surface area contributed by atoms with Crippen LogP contribution in [0.25, 0.3) is 0 Å². The zero-order chi connectivity index (χ0) is 25.4. The van der Waals surface area contributed by atoms with E-state index in [-0.39, 0.29) is 17.7 Å². The summed E-state index contributed by atoms with van der Waals surface area (Å²) in [5.74, 6) is -1.43. The predicted octanol–water partition coefficient (Wildman–Crippen LogP) is 4.72. The number of piperidine rings is 1. The highest BCUT2D eigenvalue weighted by Crippen LogP contribution is 2.40. The van der Waals surface area contributed by atoms with E-state index in [9.17, 15) is 14.4 Å². The van der Waals surface area contributed by atoms with E-state index >= 15 is 0 Å². The molecule has 1 atom stereocenters. The van der Waals surface area contributed by atoms with E-state index in [1.165, 1.54) is 7.11 Å². The van der Waals surface area contributed by atoms with Gasteiger partial charge in [0, 0.05) is 11.1 Å². The highest BCUT2D eigenvalue weighted by molar-refractivity contribution is 6.20. The maximum atomic E-state index is 12.8. The summed E-state index contributed by atoms with van der Waals surface area (Å²) >= 11 is 0. The van der Waals surface area contributed by atoms with Crippen molar-refractivity contribution in [3.63, 3.8) is 0 Å². The molecule has 2 heterocycles. The number of esters is 1. The second-order valence-electron chi connectivity index (χ2n) is 10.2. The molecular weight excluding hydrogens is 448 g/mol. The quantitative estimate of drug-likeness (QED) is 0.419. The lowest BCUT2D eigenvalue weighted by Gasteiger charge is -2.52. The topological polar surface area (TPSA) is 85.4 Å². The van der Waals surface area contributed by atoms with E-state index in [4.69, 9.17) is 14.4 Å². The largest absolute Gasteiger partial charge is 0.465 e. The van der Waals surface area contributed by atoms with Gasteiger partial charge in [-0.3, -0.25) is 19.3 Å². The average Bonchev–Trinajstić information content (AvgIpc) is 3.07. The Morgan fingerprint density at radius 3 is 1.97 bits per heavy atom. The van der Waals surface area contributed by atoms with Gasteiger partial charge in [-0.25, -0.2) is 4.79 Å². The Labute approximate surface area is 205 Å². The van der Waals surface area contributed by atoms with E-state index in [1.807, 2.05) is 5.06 Å². The second kappa shape index (κ2) is 9.53. The van der Waals surface area contributed by atoms with Crippen LogP contribution in [0, 0.1) is 0 Å². The normalized spacial score (nSPS) is 20.0. The molecule has 0 aromatic heterocycles. The molecule has 186 valence electrons. The number of methoxy groups -OCH3 is 1. The van der Waals surface area contributed by atoms with Crippen molar-refractivity contribution in [1.29, 1.82) is 0 Å². The first-order valence-corrected chi connectivity index (χ1v) is 11.8. The molecule has 4 rings (SSSR count). The summed E-state index contributed by atoms with van der Waals surface area (Å²) in [4.78, 5) is 49.8. The van der Waals surface area contributed by atoms with Crippen molar-refractivity contribution in [3.8, 4) is 0 Å². The van der Waals surface area contributed by atoms with Gasteiger partial charge < -0.3 is 4.74 Å². The number of benzene rings is 2. The van der Waals surface area contributed by atoms with Crippen LogP contribution in [0.4, 0.5) is 0 Å². The Morgan fingerprint density at radius 1 is 0.914 bits per heavy atom. The fourth-order valence-corrected chi connectivity index (χ4v) is 4.95. The molecule has 8 heteroatoms. The molecule has 0 N–H and O–H groups in total. The van der Waals surface area contributed by atoms with E-state index in [1.54, 1.807) is 48.5 Å². The summed E-state index contributed by atoms with van der Waals surface area (Å²) < 4.78 is 4.80. The molecule has 8 nitrogen and oxygen atoms in total. The first kappa shape index (κ1) is 25.0. The number of hydrogen-bond acceptors (Lipinski definition) is 7. The molecule has 0 radical (unpaired) electrons. The van der Waals surface area contributed by atoms with E-state index in [0.29, 0.717) is 16.7 Å². The third-order valence-corrected chi connectivity index (χ3v) is 6.72. The average molecular weight is 481 g/mol. The van der Waals surface area contributed by atoms with Crippen molar-refractivity contribution in [2.45, 2.75) is 64.1 Å². The lowest BCUT2D eigenvalue weighted by atomic mass is 9.82. The molecule has 0 bridgehead atoms. The van der Waals surface area contributed by atoms with E-state index in [0.717, 1.165) is 29.9 Å². The molecule has 1 unspecified atom stereocenters. The molecule has 0 aliphatic carbocycles. The molecule has 0 spiro atoms. The van der Waals surface area contributed by atoms with Crippen LogP contribution in [0.3, 0.4) is 0 Å². The van der Waals surface area contributed by atoms with E-state index < -0.39 is 23.9 Å². The number of nitrogens with zero attached hydrogens (tertiary/aromatic N) is 2. The first-order chi connectivity index (χ1) is 16.5. The SMILES string of the molecule is COC(=O)c1ccc(C(CON2C(=O)c3ccccc3C2=O)ON2C(C)(C)CCCC2(C)C)cc1. The summed E-state index contributed by atoms with van der Waals surface area (Å²) in [6.07, 6.45) is 2.37. The molecule has 2 aliphatic rings. The molecule has 1 fully saturated rings. The lowest BCUT2D eigenvalue weighted by molar-refractivity contribution is -0.318. The van der Waals surface area contributed by atoms with Gasteiger partial charge in [0.1, 0.15) is 12.7 Å². The first-order valence-electron chi connectivity index (χ1n) is 11.8. The lowest BCUT2D eigenvalue weighted by Crippen LogP contribution is -2.58. The summed E-state index contributed by atoms with van der Waals surface area (Å²) in [6.45, 7) is 8.46. The third kappa shape index (κ3) is 4.87. The number of amides is 2. The van der Waals surface area contributed by atoms with Gasteiger partial charge in [-0.1, -0.05) is 24.3 Å². The van der Waals surface area contributed by atoms with Gasteiger partial charge in [-0.15, -0.1) is 5.06 Å². The van der Waals surface area contributed by atoms with Gasteiger partial charge in [0.15, 0.2) is 0 Å². The van der Waals surface area contributed by atoms with Crippen molar-refractivity contribution in [3.05, 3.63) is 70.8 Å². The smallest absolute Gasteiger partial charge is 0.337 e. The zero-order valence-electron chi connectivity index (χ0n) is 20.9. The highest BCUT2D eigenvalue weighted by Gasteiger charge is 2.44. The minimum absolute atomic E-state index is 0.0777. The minimum atomic E-state index is -0.636. The highest BCUT2D eigenvalue weighted by atomic mass is 16.7.